The lowest BCUT2D eigenvalue weighted by atomic mass is 10.0. The monoisotopic (exact) mass is 544 g/mol. The van der Waals surface area contributed by atoms with Crippen LogP contribution in [0.3, 0.4) is 0 Å². The summed E-state index contributed by atoms with van der Waals surface area (Å²) >= 11 is 0. The Morgan fingerprint density at radius 1 is 1.08 bits per heavy atom. The number of hydrogen-bond acceptors (Lipinski definition) is 5. The third-order valence-electron chi connectivity index (χ3n) is 6.70. The minimum Gasteiger partial charge on any atom is -0.487 e. The zero-order valence-electron chi connectivity index (χ0n) is 21.3. The maximum atomic E-state index is 13.9. The number of benzene rings is 3. The van der Waals surface area contributed by atoms with Gasteiger partial charge in [0.1, 0.15) is 28.4 Å². The van der Waals surface area contributed by atoms with Crippen LogP contribution in [-0.2, 0) is 10.0 Å². The summed E-state index contributed by atoms with van der Waals surface area (Å²) in [5.41, 5.74) is 1.27. The molecule has 0 aliphatic carbocycles. The smallest absolute Gasteiger partial charge is 0.253 e. The SMILES string of the molecule is C[C@H](CO)N1C[C@H](C)[C@@H](CN(C)C(=O)c2cccc(F)c2)Oc2cc(-c3cccc(F)c3)ccc2S1(=O)=O. The Bertz CT molecular complexity index is 1430. The molecule has 0 fully saturated rings. The lowest BCUT2D eigenvalue weighted by molar-refractivity contribution is 0.0563. The molecule has 1 N–H and O–H groups in total. The maximum absolute atomic E-state index is 13.9. The van der Waals surface area contributed by atoms with Crippen molar-refractivity contribution >= 4 is 15.9 Å². The summed E-state index contributed by atoms with van der Waals surface area (Å²) in [6, 6.07) is 15.1. The average Bonchev–Trinajstić information content (AvgIpc) is 2.89. The van der Waals surface area contributed by atoms with Gasteiger partial charge < -0.3 is 14.7 Å². The highest BCUT2D eigenvalue weighted by Crippen LogP contribution is 2.36. The molecule has 3 atom stereocenters. The van der Waals surface area contributed by atoms with E-state index in [1.807, 2.05) is 0 Å². The maximum Gasteiger partial charge on any atom is 0.253 e. The van der Waals surface area contributed by atoms with Crippen molar-refractivity contribution in [1.29, 1.82) is 0 Å². The molecule has 1 aliphatic rings. The van der Waals surface area contributed by atoms with E-state index in [1.54, 1.807) is 45.2 Å². The Kier molecular flexibility index (Phi) is 8.15. The topological polar surface area (TPSA) is 87.2 Å². The van der Waals surface area contributed by atoms with E-state index in [0.29, 0.717) is 11.1 Å². The van der Waals surface area contributed by atoms with Crippen molar-refractivity contribution in [3.05, 3.63) is 83.9 Å². The Balaban J connectivity index is 1.75. The van der Waals surface area contributed by atoms with Gasteiger partial charge in [-0.3, -0.25) is 4.79 Å². The molecular formula is C28H30F2N2O5S. The number of hydrogen-bond donors (Lipinski definition) is 1. The first-order valence-electron chi connectivity index (χ1n) is 12.2. The van der Waals surface area contributed by atoms with E-state index in [9.17, 15) is 27.1 Å². The molecule has 1 heterocycles. The van der Waals surface area contributed by atoms with E-state index >= 15 is 0 Å². The van der Waals surface area contributed by atoms with E-state index in [2.05, 4.69) is 0 Å². The Hall–Kier alpha value is -3.34. The summed E-state index contributed by atoms with van der Waals surface area (Å²) in [6.07, 6.45) is -0.650. The minimum atomic E-state index is -4.06. The van der Waals surface area contributed by atoms with Crippen LogP contribution < -0.4 is 4.74 Å². The number of carbonyl (C=O) groups excluding carboxylic acids is 1. The van der Waals surface area contributed by atoms with E-state index in [-0.39, 0.29) is 35.9 Å². The molecule has 1 aliphatic heterocycles. The van der Waals surface area contributed by atoms with Crippen molar-refractivity contribution in [2.45, 2.75) is 30.9 Å². The fourth-order valence-corrected chi connectivity index (χ4v) is 6.31. The summed E-state index contributed by atoms with van der Waals surface area (Å²) in [7, 11) is -2.49. The number of carbonyl (C=O) groups is 1. The van der Waals surface area contributed by atoms with Crippen LogP contribution in [0, 0.1) is 17.6 Å². The molecule has 4 rings (SSSR count). The van der Waals surface area contributed by atoms with Crippen molar-refractivity contribution in [3.8, 4) is 16.9 Å². The predicted octanol–water partition coefficient (Wildman–Crippen LogP) is 4.17. The molecule has 202 valence electrons. The molecule has 7 nitrogen and oxygen atoms in total. The molecule has 0 spiro atoms. The molecule has 38 heavy (non-hydrogen) atoms. The van der Waals surface area contributed by atoms with Gasteiger partial charge >= 0.3 is 0 Å². The van der Waals surface area contributed by atoms with Crippen LogP contribution in [0.5, 0.6) is 5.75 Å². The fraction of sp³-hybridized carbons (Fsp3) is 0.321. The van der Waals surface area contributed by atoms with Gasteiger partial charge in [-0.25, -0.2) is 17.2 Å². The Labute approximate surface area is 221 Å². The van der Waals surface area contributed by atoms with E-state index < -0.39 is 45.6 Å². The lowest BCUT2D eigenvalue weighted by Crippen LogP contribution is -2.50. The largest absolute Gasteiger partial charge is 0.487 e. The minimum absolute atomic E-state index is 0.0435. The van der Waals surface area contributed by atoms with Gasteiger partial charge in [-0.05, 0) is 60.5 Å². The van der Waals surface area contributed by atoms with Gasteiger partial charge in [0.2, 0.25) is 10.0 Å². The van der Waals surface area contributed by atoms with Crippen LogP contribution in [0.4, 0.5) is 8.78 Å². The number of ether oxygens (including phenoxy) is 1. The van der Waals surface area contributed by atoms with Crippen LogP contribution >= 0.6 is 0 Å². The molecule has 0 saturated heterocycles. The van der Waals surface area contributed by atoms with Gasteiger partial charge in [-0.1, -0.05) is 31.2 Å². The number of likely N-dealkylation sites (N-methyl/N-ethyl adjacent to an activating group) is 1. The molecule has 10 heteroatoms. The quantitative estimate of drug-likeness (QED) is 0.503. The van der Waals surface area contributed by atoms with Crippen molar-refractivity contribution < 1.29 is 31.8 Å². The normalized spacial score (nSPS) is 19.9. The fourth-order valence-electron chi connectivity index (χ4n) is 4.49. The second-order valence-corrected chi connectivity index (χ2v) is 11.5. The zero-order valence-corrected chi connectivity index (χ0v) is 22.2. The highest BCUT2D eigenvalue weighted by atomic mass is 32.2. The number of aliphatic hydroxyl groups excluding tert-OH is 1. The van der Waals surface area contributed by atoms with E-state index in [1.165, 1.54) is 45.6 Å². The number of fused-ring (bicyclic) bond motifs is 1. The molecule has 0 radical (unpaired) electrons. The number of halogens is 2. The number of rotatable bonds is 6. The number of nitrogens with zero attached hydrogens (tertiary/aromatic N) is 2. The van der Waals surface area contributed by atoms with Crippen molar-refractivity contribution in [1.82, 2.24) is 9.21 Å². The number of aliphatic hydroxyl groups is 1. The van der Waals surface area contributed by atoms with Gasteiger partial charge in [0.25, 0.3) is 5.91 Å². The number of amides is 1. The summed E-state index contributed by atoms with van der Waals surface area (Å²) < 4.78 is 62.4. The highest BCUT2D eigenvalue weighted by molar-refractivity contribution is 7.89. The first-order chi connectivity index (χ1) is 18.0. The second kappa shape index (κ2) is 11.2. The van der Waals surface area contributed by atoms with Crippen LogP contribution in [0.2, 0.25) is 0 Å². The first kappa shape index (κ1) is 27.7. The summed E-state index contributed by atoms with van der Waals surface area (Å²) in [5.74, 6) is -1.71. The molecule has 0 bridgehead atoms. The van der Waals surface area contributed by atoms with Crippen LogP contribution in [-0.4, -0.2) is 67.5 Å². The van der Waals surface area contributed by atoms with Crippen molar-refractivity contribution in [2.24, 2.45) is 5.92 Å². The first-order valence-corrected chi connectivity index (χ1v) is 13.7. The van der Waals surface area contributed by atoms with Gasteiger partial charge in [0, 0.05) is 31.1 Å². The second-order valence-electron chi connectivity index (χ2n) is 9.61. The van der Waals surface area contributed by atoms with E-state index in [0.717, 1.165) is 6.07 Å². The van der Waals surface area contributed by atoms with E-state index in [4.69, 9.17) is 4.74 Å². The zero-order chi connectivity index (χ0) is 27.6. The Morgan fingerprint density at radius 2 is 1.74 bits per heavy atom. The summed E-state index contributed by atoms with van der Waals surface area (Å²) in [6.45, 7) is 3.16. The molecule has 0 aromatic heterocycles. The molecule has 1 amide bonds. The van der Waals surface area contributed by atoms with Crippen molar-refractivity contribution in [3.63, 3.8) is 0 Å². The van der Waals surface area contributed by atoms with Crippen LogP contribution in [0.15, 0.2) is 71.6 Å². The van der Waals surface area contributed by atoms with Crippen molar-refractivity contribution in [2.75, 3.05) is 26.7 Å². The molecule has 0 unspecified atom stereocenters. The third-order valence-corrected chi connectivity index (χ3v) is 8.72. The van der Waals surface area contributed by atoms with Crippen LogP contribution in [0.1, 0.15) is 24.2 Å². The van der Waals surface area contributed by atoms with Gasteiger partial charge in [-0.15, -0.1) is 0 Å². The molecule has 3 aromatic rings. The molecule has 3 aromatic carbocycles. The molecule has 0 saturated carbocycles. The van der Waals surface area contributed by atoms with Gasteiger partial charge in [-0.2, -0.15) is 4.31 Å². The lowest BCUT2D eigenvalue weighted by Gasteiger charge is -2.37. The summed E-state index contributed by atoms with van der Waals surface area (Å²) in [5, 5.41) is 9.81. The average molecular weight is 545 g/mol. The number of sulfonamides is 1. The standard InChI is InChI=1S/C28H30F2N2O5S/c1-18-15-32(19(2)17-33)38(35,36)27-11-10-21(20-6-4-8-23(29)12-20)14-25(27)37-26(18)16-31(3)28(34)22-7-5-9-24(30)13-22/h4-14,18-19,26,33H,15-17H2,1-3H3/t18-,19+,26+/m0/s1. The highest BCUT2D eigenvalue weighted by Gasteiger charge is 2.38. The van der Waals surface area contributed by atoms with Crippen LogP contribution in [0.25, 0.3) is 11.1 Å². The molecular weight excluding hydrogens is 514 g/mol. The van der Waals surface area contributed by atoms with Gasteiger partial charge in [0.05, 0.1) is 13.2 Å². The summed E-state index contributed by atoms with van der Waals surface area (Å²) in [4.78, 5) is 14.3. The van der Waals surface area contributed by atoms with Gasteiger partial charge in [0.15, 0.2) is 0 Å². The predicted molar refractivity (Wildman–Crippen MR) is 139 cm³/mol. The third kappa shape index (κ3) is 5.72. The Morgan fingerprint density at radius 3 is 2.39 bits per heavy atom.